The summed E-state index contributed by atoms with van der Waals surface area (Å²) in [4.78, 5) is 24.7. The van der Waals surface area contributed by atoms with Gasteiger partial charge in [-0.1, -0.05) is 13.8 Å². The van der Waals surface area contributed by atoms with Gasteiger partial charge in [-0.15, -0.1) is 0 Å². The Balaban J connectivity index is 2.57. The summed E-state index contributed by atoms with van der Waals surface area (Å²) in [7, 11) is 0. The number of carboxylic acids is 1. The quantitative estimate of drug-likeness (QED) is 0.814. The van der Waals surface area contributed by atoms with Gasteiger partial charge in [-0.3, -0.25) is 9.59 Å². The largest absolute Gasteiger partial charge is 0.481 e. The van der Waals surface area contributed by atoms with Gasteiger partial charge in [-0.25, -0.2) is 0 Å². The number of aliphatic carboxylic acids is 1. The Morgan fingerprint density at radius 1 is 1.19 bits per heavy atom. The fourth-order valence-electron chi connectivity index (χ4n) is 1.68. The molecule has 92 valence electrons. The number of nitrogens with zero attached hydrogens (tertiary/aromatic N) is 1. The molecule has 1 N–H and O–H groups in total. The lowest BCUT2D eigenvalue weighted by Crippen LogP contribution is -2.40. The molecule has 1 fully saturated rings. The molecule has 0 spiro atoms. The van der Waals surface area contributed by atoms with Crippen molar-refractivity contribution in [1.82, 2.24) is 4.90 Å². The van der Waals surface area contributed by atoms with Crippen molar-refractivity contribution < 1.29 is 14.7 Å². The molecule has 16 heavy (non-hydrogen) atoms. The third-order valence-electron chi connectivity index (χ3n) is 3.06. The highest BCUT2D eigenvalue weighted by Crippen LogP contribution is 2.17. The molecule has 0 aromatic rings. The highest BCUT2D eigenvalue weighted by atomic mass is 32.2. The van der Waals surface area contributed by atoms with Gasteiger partial charge in [0.25, 0.3) is 0 Å². The van der Waals surface area contributed by atoms with Gasteiger partial charge in [0.2, 0.25) is 5.91 Å². The van der Waals surface area contributed by atoms with E-state index in [4.69, 9.17) is 5.11 Å². The van der Waals surface area contributed by atoms with Crippen LogP contribution < -0.4 is 0 Å². The number of carboxylic acid groups (broad SMARTS) is 1. The number of carbonyl (C=O) groups excluding carboxylic acids is 1. The summed E-state index contributed by atoms with van der Waals surface area (Å²) >= 11 is 1.85. The van der Waals surface area contributed by atoms with E-state index in [1.54, 1.807) is 13.8 Å². The van der Waals surface area contributed by atoms with Gasteiger partial charge in [-0.2, -0.15) is 11.8 Å². The molecule has 2 unspecified atom stereocenters. The summed E-state index contributed by atoms with van der Waals surface area (Å²) < 4.78 is 0. The molecule has 0 aliphatic carbocycles. The smallest absolute Gasteiger partial charge is 0.307 e. The maximum atomic E-state index is 12.1. The Bertz CT molecular complexity index is 262. The van der Waals surface area contributed by atoms with E-state index >= 15 is 0 Å². The minimum absolute atomic E-state index is 0.0163. The number of hydrogen-bond acceptors (Lipinski definition) is 3. The molecule has 0 aromatic heterocycles. The average Bonchev–Trinajstić information content (AvgIpc) is 2.54. The first-order valence-electron chi connectivity index (χ1n) is 5.63. The van der Waals surface area contributed by atoms with E-state index in [0.29, 0.717) is 0 Å². The zero-order valence-electron chi connectivity index (χ0n) is 9.81. The summed E-state index contributed by atoms with van der Waals surface area (Å²) in [6.45, 7) is 4.82. The summed E-state index contributed by atoms with van der Waals surface area (Å²) in [6.07, 6.45) is 1.00. The van der Waals surface area contributed by atoms with Gasteiger partial charge in [0.1, 0.15) is 0 Å². The standard InChI is InChI=1S/C11H19NO3S/c1-8(9(2)11(14)15)10(13)12-4-3-6-16-7-5-12/h8-9H,3-7H2,1-2H3,(H,14,15). The Labute approximate surface area is 100 Å². The highest BCUT2D eigenvalue weighted by Gasteiger charge is 2.29. The third kappa shape index (κ3) is 3.40. The number of hydrogen-bond donors (Lipinski definition) is 1. The predicted octanol–water partition coefficient (Wildman–Crippen LogP) is 1.31. The minimum Gasteiger partial charge on any atom is -0.481 e. The summed E-state index contributed by atoms with van der Waals surface area (Å²) in [5.41, 5.74) is 0. The van der Waals surface area contributed by atoms with E-state index in [0.717, 1.165) is 31.0 Å². The van der Waals surface area contributed by atoms with Crippen LogP contribution in [0.2, 0.25) is 0 Å². The van der Waals surface area contributed by atoms with Crippen molar-refractivity contribution in [2.45, 2.75) is 20.3 Å². The topological polar surface area (TPSA) is 57.6 Å². The van der Waals surface area contributed by atoms with E-state index in [9.17, 15) is 9.59 Å². The second-order valence-corrected chi connectivity index (χ2v) is 5.43. The van der Waals surface area contributed by atoms with Crippen molar-refractivity contribution in [3.05, 3.63) is 0 Å². The van der Waals surface area contributed by atoms with Crippen LogP contribution in [0.1, 0.15) is 20.3 Å². The van der Waals surface area contributed by atoms with Gasteiger partial charge in [0, 0.05) is 24.8 Å². The maximum Gasteiger partial charge on any atom is 0.307 e. The van der Waals surface area contributed by atoms with Crippen molar-refractivity contribution in [1.29, 1.82) is 0 Å². The SMILES string of the molecule is CC(C(=O)O)C(C)C(=O)N1CCCSCC1. The molecule has 1 aliphatic heterocycles. The molecular weight excluding hydrogens is 226 g/mol. The molecule has 0 bridgehead atoms. The van der Waals surface area contributed by atoms with E-state index in [1.165, 1.54) is 0 Å². The minimum atomic E-state index is -0.898. The molecule has 4 nitrogen and oxygen atoms in total. The normalized spacial score (nSPS) is 21.0. The summed E-state index contributed by atoms with van der Waals surface area (Å²) in [5.74, 6) is 0.0958. The molecule has 5 heteroatoms. The lowest BCUT2D eigenvalue weighted by Gasteiger charge is -2.25. The zero-order chi connectivity index (χ0) is 12.1. The van der Waals surface area contributed by atoms with Crippen LogP contribution in [-0.4, -0.2) is 46.5 Å². The van der Waals surface area contributed by atoms with Crippen LogP contribution in [0.3, 0.4) is 0 Å². The molecule has 1 heterocycles. The van der Waals surface area contributed by atoms with E-state index < -0.39 is 17.8 Å². The van der Waals surface area contributed by atoms with E-state index in [-0.39, 0.29) is 5.91 Å². The first-order valence-corrected chi connectivity index (χ1v) is 6.79. The van der Waals surface area contributed by atoms with E-state index in [1.807, 2.05) is 16.7 Å². The Morgan fingerprint density at radius 2 is 1.88 bits per heavy atom. The van der Waals surface area contributed by atoms with E-state index in [2.05, 4.69) is 0 Å². The Hall–Kier alpha value is -0.710. The van der Waals surface area contributed by atoms with Crippen LogP contribution in [0, 0.1) is 11.8 Å². The Morgan fingerprint density at radius 3 is 2.50 bits per heavy atom. The Kier molecular flexibility index (Phi) is 5.12. The van der Waals surface area contributed by atoms with Gasteiger partial charge in [-0.05, 0) is 12.2 Å². The number of rotatable bonds is 3. The van der Waals surface area contributed by atoms with Crippen LogP contribution in [0.25, 0.3) is 0 Å². The number of amides is 1. The number of carbonyl (C=O) groups is 2. The van der Waals surface area contributed by atoms with Gasteiger partial charge < -0.3 is 10.0 Å². The van der Waals surface area contributed by atoms with Crippen LogP contribution >= 0.6 is 11.8 Å². The fraction of sp³-hybridized carbons (Fsp3) is 0.818. The van der Waals surface area contributed by atoms with Crippen molar-refractivity contribution >= 4 is 23.6 Å². The lowest BCUT2D eigenvalue weighted by atomic mass is 9.94. The van der Waals surface area contributed by atoms with Crippen molar-refractivity contribution in [2.75, 3.05) is 24.6 Å². The van der Waals surface area contributed by atoms with Crippen LogP contribution in [0.15, 0.2) is 0 Å². The van der Waals surface area contributed by atoms with Gasteiger partial charge in [0.15, 0.2) is 0 Å². The molecule has 1 saturated heterocycles. The molecule has 1 rings (SSSR count). The number of thioether (sulfide) groups is 1. The molecule has 1 amide bonds. The molecular formula is C11H19NO3S. The lowest BCUT2D eigenvalue weighted by molar-refractivity contribution is -0.149. The third-order valence-corrected chi connectivity index (χ3v) is 4.11. The molecule has 0 radical (unpaired) electrons. The average molecular weight is 245 g/mol. The first-order chi connectivity index (χ1) is 7.54. The van der Waals surface area contributed by atoms with Crippen LogP contribution in [-0.2, 0) is 9.59 Å². The molecule has 1 aliphatic rings. The van der Waals surface area contributed by atoms with Crippen molar-refractivity contribution in [3.63, 3.8) is 0 Å². The second kappa shape index (κ2) is 6.13. The second-order valence-electron chi connectivity index (χ2n) is 4.21. The molecule has 2 atom stereocenters. The zero-order valence-corrected chi connectivity index (χ0v) is 10.6. The predicted molar refractivity (Wildman–Crippen MR) is 64.5 cm³/mol. The van der Waals surface area contributed by atoms with Crippen LogP contribution in [0.5, 0.6) is 0 Å². The van der Waals surface area contributed by atoms with Crippen LogP contribution in [0.4, 0.5) is 0 Å². The summed E-state index contributed by atoms with van der Waals surface area (Å²) in [6, 6.07) is 0. The summed E-state index contributed by atoms with van der Waals surface area (Å²) in [5, 5.41) is 8.88. The molecule has 0 aromatic carbocycles. The van der Waals surface area contributed by atoms with Crippen molar-refractivity contribution in [3.8, 4) is 0 Å². The maximum absolute atomic E-state index is 12.1. The van der Waals surface area contributed by atoms with Gasteiger partial charge >= 0.3 is 5.97 Å². The highest BCUT2D eigenvalue weighted by molar-refractivity contribution is 7.99. The first kappa shape index (κ1) is 13.4. The van der Waals surface area contributed by atoms with Crippen molar-refractivity contribution in [2.24, 2.45) is 11.8 Å². The van der Waals surface area contributed by atoms with Gasteiger partial charge in [0.05, 0.1) is 5.92 Å². The fourth-order valence-corrected chi connectivity index (χ4v) is 2.57. The molecule has 0 saturated carbocycles. The monoisotopic (exact) mass is 245 g/mol.